The van der Waals surface area contributed by atoms with Crippen LogP contribution in [0.1, 0.15) is 42.9 Å². The Kier molecular flexibility index (Phi) is 5.34. The van der Waals surface area contributed by atoms with E-state index in [1.807, 2.05) is 18.3 Å². The molecule has 0 unspecified atom stereocenters. The maximum absolute atomic E-state index is 9.83. The number of aromatic nitrogens is 4. The van der Waals surface area contributed by atoms with E-state index in [4.69, 9.17) is 15.5 Å². The first-order chi connectivity index (χ1) is 16.9. The van der Waals surface area contributed by atoms with E-state index in [-0.39, 0.29) is 12.0 Å². The smallest absolute Gasteiger partial charge is 0.182 e. The number of aliphatic hydroxyl groups is 1. The van der Waals surface area contributed by atoms with E-state index in [2.05, 4.69) is 45.8 Å². The second-order valence-electron chi connectivity index (χ2n) is 10.1. The van der Waals surface area contributed by atoms with Gasteiger partial charge in [0.05, 0.1) is 6.54 Å². The topological polar surface area (TPSA) is 110 Å². The Hall–Kier alpha value is -3.30. The molecule has 0 fully saturated rings. The summed E-state index contributed by atoms with van der Waals surface area (Å²) in [5.74, 6) is 2.29. The fraction of sp³-hybridized carbons (Fsp3) is 0.385. The summed E-state index contributed by atoms with van der Waals surface area (Å²) in [5.41, 5.74) is 12.3. The fourth-order valence-electron chi connectivity index (χ4n) is 5.06. The molecule has 9 heteroatoms. The van der Waals surface area contributed by atoms with E-state index in [1.165, 1.54) is 16.9 Å². The summed E-state index contributed by atoms with van der Waals surface area (Å²) in [6.45, 7) is 6.38. The third kappa shape index (κ3) is 4.19. The Morgan fingerprint density at radius 3 is 2.91 bits per heavy atom. The fourth-order valence-corrected chi connectivity index (χ4v) is 5.72. The van der Waals surface area contributed by atoms with Crippen molar-refractivity contribution in [2.45, 2.75) is 46.3 Å². The molecule has 4 aromatic rings. The number of thiazole rings is 1. The third-order valence-corrected chi connectivity index (χ3v) is 7.70. The van der Waals surface area contributed by atoms with Gasteiger partial charge >= 0.3 is 0 Å². The number of nitrogen functional groups attached to an aromatic ring is 1. The number of nitrogens with two attached hydrogens (primary N) is 1. The maximum Gasteiger partial charge on any atom is 0.182 e. The molecule has 35 heavy (non-hydrogen) atoms. The minimum Gasteiger partial charge on any atom is -0.491 e. The van der Waals surface area contributed by atoms with Gasteiger partial charge in [-0.1, -0.05) is 31.3 Å². The van der Waals surface area contributed by atoms with Crippen molar-refractivity contribution >= 4 is 32.6 Å². The summed E-state index contributed by atoms with van der Waals surface area (Å²) in [6, 6.07) is 8.29. The highest BCUT2D eigenvalue weighted by Gasteiger charge is 2.31. The lowest BCUT2D eigenvalue weighted by molar-refractivity contribution is 0.268. The molecule has 0 radical (unpaired) electrons. The Morgan fingerprint density at radius 1 is 1.17 bits per heavy atom. The van der Waals surface area contributed by atoms with Gasteiger partial charge in [0.15, 0.2) is 11.0 Å². The van der Waals surface area contributed by atoms with Crippen LogP contribution in [0.2, 0.25) is 0 Å². The number of hydrogen-bond donors (Lipinski definition) is 2. The average Bonchev–Trinajstić information content (AvgIpc) is 3.08. The predicted molar refractivity (Wildman–Crippen MR) is 138 cm³/mol. The van der Waals surface area contributed by atoms with Crippen molar-refractivity contribution in [3.05, 3.63) is 53.1 Å². The number of fused-ring (bicyclic) bond motifs is 3. The molecular weight excluding hydrogens is 460 g/mol. The van der Waals surface area contributed by atoms with Crippen LogP contribution in [0.25, 0.3) is 21.5 Å². The number of aliphatic hydroxyl groups excluding tert-OH is 1. The van der Waals surface area contributed by atoms with Gasteiger partial charge in [-0.05, 0) is 48.4 Å². The first kappa shape index (κ1) is 22.2. The lowest BCUT2D eigenvalue weighted by Crippen LogP contribution is -2.32. The molecule has 2 aliphatic rings. The van der Waals surface area contributed by atoms with Crippen LogP contribution in [0.15, 0.2) is 30.5 Å². The van der Waals surface area contributed by atoms with Crippen molar-refractivity contribution in [3.8, 4) is 16.9 Å². The molecule has 1 aromatic carbocycles. The minimum absolute atomic E-state index is 0.161. The number of nitrogens with zero attached hydrogens (tertiary/aromatic N) is 5. The zero-order valence-corrected chi connectivity index (χ0v) is 20.7. The third-order valence-electron chi connectivity index (χ3n) is 6.89. The van der Waals surface area contributed by atoms with Crippen molar-refractivity contribution in [1.29, 1.82) is 0 Å². The minimum atomic E-state index is -0.161. The first-order valence-corrected chi connectivity index (χ1v) is 12.7. The van der Waals surface area contributed by atoms with Crippen molar-refractivity contribution < 1.29 is 9.84 Å². The molecule has 8 nitrogen and oxygen atoms in total. The van der Waals surface area contributed by atoms with Gasteiger partial charge in [0.1, 0.15) is 35.1 Å². The lowest BCUT2D eigenvalue weighted by Gasteiger charge is -2.34. The molecule has 0 atom stereocenters. The van der Waals surface area contributed by atoms with Gasteiger partial charge in [-0.2, -0.15) is 0 Å². The summed E-state index contributed by atoms with van der Waals surface area (Å²) in [5, 5.41) is 10.4. The number of hydrogen-bond acceptors (Lipinski definition) is 9. The van der Waals surface area contributed by atoms with E-state index in [1.54, 1.807) is 0 Å². The molecule has 0 bridgehead atoms. The highest BCUT2D eigenvalue weighted by molar-refractivity contribution is 7.21. The molecule has 3 N–H and O–H groups in total. The summed E-state index contributed by atoms with van der Waals surface area (Å²) in [4.78, 5) is 21.5. The average molecular weight is 489 g/mol. The Bertz CT molecular complexity index is 1430. The second kappa shape index (κ2) is 8.42. The van der Waals surface area contributed by atoms with Crippen molar-refractivity contribution in [2.75, 3.05) is 23.8 Å². The normalized spacial score (nSPS) is 16.9. The zero-order chi connectivity index (χ0) is 24.2. The van der Waals surface area contributed by atoms with Crippen LogP contribution in [0, 0.1) is 5.41 Å². The number of benzene rings is 1. The Labute approximate surface area is 207 Å². The highest BCUT2D eigenvalue weighted by atomic mass is 32.1. The van der Waals surface area contributed by atoms with E-state index in [0.29, 0.717) is 30.7 Å². The van der Waals surface area contributed by atoms with Crippen molar-refractivity contribution in [2.24, 2.45) is 5.41 Å². The van der Waals surface area contributed by atoms with Crippen molar-refractivity contribution in [1.82, 2.24) is 19.9 Å². The number of pyridine rings is 1. The SMILES string of the molecule is CC1(C)CCc2nc(CO)nc(N3CCOc4ccc(-c5cnc6sc(N)nc6c5)cc4C3)c2C1. The van der Waals surface area contributed by atoms with Crippen LogP contribution in [0.3, 0.4) is 0 Å². The number of anilines is 2. The van der Waals surface area contributed by atoms with E-state index >= 15 is 0 Å². The van der Waals surface area contributed by atoms with Crippen LogP contribution >= 0.6 is 11.3 Å². The Balaban J connectivity index is 1.38. The summed E-state index contributed by atoms with van der Waals surface area (Å²) in [6.07, 6.45) is 4.79. The van der Waals surface area contributed by atoms with E-state index in [0.717, 1.165) is 63.6 Å². The first-order valence-electron chi connectivity index (χ1n) is 11.9. The maximum atomic E-state index is 9.83. The summed E-state index contributed by atoms with van der Waals surface area (Å²) >= 11 is 1.39. The Morgan fingerprint density at radius 2 is 2.06 bits per heavy atom. The van der Waals surface area contributed by atoms with Crippen LogP contribution in [-0.2, 0) is 26.0 Å². The molecule has 0 saturated carbocycles. The highest BCUT2D eigenvalue weighted by Crippen LogP contribution is 2.39. The molecule has 0 saturated heterocycles. The molecule has 3 aromatic heterocycles. The molecule has 0 spiro atoms. The van der Waals surface area contributed by atoms with E-state index < -0.39 is 0 Å². The number of rotatable bonds is 3. The van der Waals surface area contributed by atoms with Crippen LogP contribution in [0.5, 0.6) is 5.75 Å². The van der Waals surface area contributed by atoms with Gasteiger partial charge in [-0.3, -0.25) is 0 Å². The van der Waals surface area contributed by atoms with Crippen LogP contribution < -0.4 is 15.4 Å². The van der Waals surface area contributed by atoms with Gasteiger partial charge in [-0.25, -0.2) is 19.9 Å². The van der Waals surface area contributed by atoms with Crippen LogP contribution in [-0.4, -0.2) is 38.2 Å². The molecule has 4 heterocycles. The van der Waals surface area contributed by atoms with Gasteiger partial charge in [0.25, 0.3) is 0 Å². The van der Waals surface area contributed by atoms with Gasteiger partial charge in [0, 0.05) is 35.1 Å². The van der Waals surface area contributed by atoms with Crippen molar-refractivity contribution in [3.63, 3.8) is 0 Å². The van der Waals surface area contributed by atoms with Gasteiger partial charge in [-0.15, -0.1) is 0 Å². The molecule has 180 valence electrons. The monoisotopic (exact) mass is 488 g/mol. The molecule has 1 aliphatic heterocycles. The largest absolute Gasteiger partial charge is 0.491 e. The number of ether oxygens (including phenoxy) is 1. The summed E-state index contributed by atoms with van der Waals surface area (Å²) < 4.78 is 6.13. The molecule has 1 aliphatic carbocycles. The predicted octanol–water partition coefficient (Wildman–Crippen LogP) is 4.14. The number of aryl methyl sites for hydroxylation is 1. The standard InChI is InChI=1S/C26H28N6O2S/c1-26(2)6-5-19-18(11-26)23(31-22(14-33)29-19)32-7-8-34-21-4-3-15(9-17(21)13-32)16-10-20-24(28-12-16)35-25(27)30-20/h3-4,9-10,12,33H,5-8,11,13-14H2,1-2H3,(H2,27,30). The van der Waals surface area contributed by atoms with Crippen LogP contribution in [0.4, 0.5) is 10.9 Å². The second-order valence-corrected chi connectivity index (χ2v) is 11.1. The molecule has 0 amide bonds. The van der Waals surface area contributed by atoms with Gasteiger partial charge < -0.3 is 20.5 Å². The summed E-state index contributed by atoms with van der Waals surface area (Å²) in [7, 11) is 0. The van der Waals surface area contributed by atoms with E-state index in [9.17, 15) is 5.11 Å². The molecular formula is C26H28N6O2S. The zero-order valence-electron chi connectivity index (χ0n) is 19.9. The quantitative estimate of drug-likeness (QED) is 0.443. The lowest BCUT2D eigenvalue weighted by atomic mass is 9.76. The molecule has 6 rings (SSSR count). The van der Waals surface area contributed by atoms with Gasteiger partial charge in [0.2, 0.25) is 0 Å².